The molecule has 0 aromatic heterocycles. The molecule has 2 aromatic rings. The number of likely N-dealkylation sites (N-methyl/N-ethyl adjacent to an activating group) is 1. The SMILES string of the molecule is CCN1C(=O)Cc2cc(NS(=O)(=O)c3ccc(OC)c(F)c3)ccc21. The van der Waals surface area contributed by atoms with E-state index in [-0.39, 0.29) is 23.0 Å². The minimum Gasteiger partial charge on any atom is -0.494 e. The van der Waals surface area contributed by atoms with Gasteiger partial charge in [-0.3, -0.25) is 9.52 Å². The van der Waals surface area contributed by atoms with Crippen LogP contribution in [0.3, 0.4) is 0 Å². The van der Waals surface area contributed by atoms with Crippen LogP contribution in [0.15, 0.2) is 41.3 Å². The summed E-state index contributed by atoms with van der Waals surface area (Å²) in [6, 6.07) is 8.33. The second kappa shape index (κ2) is 6.36. The minimum atomic E-state index is -3.95. The van der Waals surface area contributed by atoms with Gasteiger partial charge in [0.15, 0.2) is 11.6 Å². The molecule has 132 valence electrons. The minimum absolute atomic E-state index is 0.0188. The molecule has 1 heterocycles. The molecular weight excluding hydrogens is 347 g/mol. The number of anilines is 2. The van der Waals surface area contributed by atoms with Crippen molar-refractivity contribution in [3.05, 3.63) is 47.8 Å². The Morgan fingerprint density at radius 3 is 2.64 bits per heavy atom. The van der Waals surface area contributed by atoms with Gasteiger partial charge in [-0.15, -0.1) is 0 Å². The first-order valence-corrected chi connectivity index (χ1v) is 9.13. The molecule has 0 spiro atoms. The van der Waals surface area contributed by atoms with E-state index in [9.17, 15) is 17.6 Å². The third-order valence-corrected chi connectivity index (χ3v) is 5.39. The number of nitrogens with zero attached hydrogens (tertiary/aromatic N) is 1. The number of sulfonamides is 1. The van der Waals surface area contributed by atoms with Crippen LogP contribution in [0.2, 0.25) is 0 Å². The number of benzene rings is 2. The highest BCUT2D eigenvalue weighted by Crippen LogP contribution is 2.32. The largest absolute Gasteiger partial charge is 0.494 e. The molecule has 3 rings (SSSR count). The van der Waals surface area contributed by atoms with E-state index in [2.05, 4.69) is 4.72 Å². The average molecular weight is 364 g/mol. The maximum Gasteiger partial charge on any atom is 0.262 e. The Morgan fingerprint density at radius 1 is 1.24 bits per heavy atom. The topological polar surface area (TPSA) is 75.7 Å². The van der Waals surface area contributed by atoms with Gasteiger partial charge in [-0.05, 0) is 48.9 Å². The molecule has 25 heavy (non-hydrogen) atoms. The highest BCUT2D eigenvalue weighted by Gasteiger charge is 2.26. The monoisotopic (exact) mass is 364 g/mol. The van der Waals surface area contributed by atoms with E-state index in [4.69, 9.17) is 4.74 Å². The quantitative estimate of drug-likeness (QED) is 0.885. The van der Waals surface area contributed by atoms with E-state index in [0.29, 0.717) is 12.2 Å². The lowest BCUT2D eigenvalue weighted by Gasteiger charge is -2.15. The van der Waals surface area contributed by atoms with Crippen molar-refractivity contribution in [2.24, 2.45) is 0 Å². The maximum atomic E-state index is 13.8. The zero-order valence-electron chi connectivity index (χ0n) is 13.7. The zero-order chi connectivity index (χ0) is 18.2. The van der Waals surface area contributed by atoms with Gasteiger partial charge in [0.2, 0.25) is 5.91 Å². The molecule has 0 bridgehead atoms. The molecule has 0 saturated carbocycles. The van der Waals surface area contributed by atoms with Gasteiger partial charge in [0.25, 0.3) is 10.0 Å². The molecule has 0 aliphatic carbocycles. The van der Waals surface area contributed by atoms with Crippen LogP contribution in [-0.4, -0.2) is 28.0 Å². The van der Waals surface area contributed by atoms with E-state index >= 15 is 0 Å². The number of nitrogens with one attached hydrogen (secondary N) is 1. The van der Waals surface area contributed by atoms with Crippen molar-refractivity contribution in [3.63, 3.8) is 0 Å². The summed E-state index contributed by atoms with van der Waals surface area (Å²) in [6.45, 7) is 2.43. The van der Waals surface area contributed by atoms with E-state index in [1.54, 1.807) is 23.1 Å². The highest BCUT2D eigenvalue weighted by molar-refractivity contribution is 7.92. The number of carbonyl (C=O) groups excluding carboxylic acids is 1. The van der Waals surface area contributed by atoms with Crippen LogP contribution in [0.25, 0.3) is 0 Å². The van der Waals surface area contributed by atoms with Crippen LogP contribution in [0, 0.1) is 5.82 Å². The predicted octanol–water partition coefficient (Wildman–Crippen LogP) is 2.54. The molecule has 0 saturated heterocycles. The fourth-order valence-corrected chi connectivity index (χ4v) is 3.88. The lowest BCUT2D eigenvalue weighted by atomic mass is 10.1. The summed E-state index contributed by atoms with van der Waals surface area (Å²) in [6.07, 6.45) is 0.232. The van der Waals surface area contributed by atoms with Crippen molar-refractivity contribution in [3.8, 4) is 5.75 Å². The fraction of sp³-hybridized carbons (Fsp3) is 0.235. The number of ether oxygens (including phenoxy) is 1. The Labute approximate surface area is 145 Å². The molecular formula is C17H17FN2O4S. The predicted molar refractivity (Wildman–Crippen MR) is 91.9 cm³/mol. The smallest absolute Gasteiger partial charge is 0.262 e. The van der Waals surface area contributed by atoms with Gasteiger partial charge >= 0.3 is 0 Å². The number of rotatable bonds is 5. The molecule has 0 atom stereocenters. The van der Waals surface area contributed by atoms with Crippen LogP contribution >= 0.6 is 0 Å². The van der Waals surface area contributed by atoms with Gasteiger partial charge < -0.3 is 9.64 Å². The van der Waals surface area contributed by atoms with Crippen LogP contribution in [0.4, 0.5) is 15.8 Å². The molecule has 1 amide bonds. The number of hydrogen-bond donors (Lipinski definition) is 1. The lowest BCUT2D eigenvalue weighted by molar-refractivity contribution is -0.117. The van der Waals surface area contributed by atoms with E-state index < -0.39 is 15.8 Å². The number of amides is 1. The van der Waals surface area contributed by atoms with Crippen molar-refractivity contribution in [2.75, 3.05) is 23.3 Å². The van der Waals surface area contributed by atoms with Gasteiger partial charge in [-0.1, -0.05) is 0 Å². The average Bonchev–Trinajstić information content (AvgIpc) is 2.88. The van der Waals surface area contributed by atoms with Crippen molar-refractivity contribution in [2.45, 2.75) is 18.2 Å². The number of halogens is 1. The number of fused-ring (bicyclic) bond motifs is 1. The summed E-state index contributed by atoms with van der Waals surface area (Å²) in [4.78, 5) is 13.3. The Kier molecular flexibility index (Phi) is 4.38. The van der Waals surface area contributed by atoms with Gasteiger partial charge in [-0.2, -0.15) is 0 Å². The first-order chi connectivity index (χ1) is 11.9. The second-order valence-corrected chi connectivity index (χ2v) is 7.24. The van der Waals surface area contributed by atoms with Crippen LogP contribution in [0.1, 0.15) is 12.5 Å². The molecule has 0 radical (unpaired) electrons. The van der Waals surface area contributed by atoms with Gasteiger partial charge in [0.05, 0.1) is 18.4 Å². The molecule has 0 fully saturated rings. The van der Waals surface area contributed by atoms with Crippen molar-refractivity contribution >= 4 is 27.3 Å². The summed E-state index contributed by atoms with van der Waals surface area (Å²) >= 11 is 0. The molecule has 1 aliphatic rings. The lowest BCUT2D eigenvalue weighted by Crippen LogP contribution is -2.25. The van der Waals surface area contributed by atoms with E-state index in [1.807, 2.05) is 6.92 Å². The van der Waals surface area contributed by atoms with Crippen molar-refractivity contribution in [1.82, 2.24) is 0 Å². The summed E-state index contributed by atoms with van der Waals surface area (Å²) in [5, 5.41) is 0. The Balaban J connectivity index is 1.88. The number of hydrogen-bond acceptors (Lipinski definition) is 4. The van der Waals surface area contributed by atoms with E-state index in [0.717, 1.165) is 17.3 Å². The molecule has 0 unspecified atom stereocenters. The zero-order valence-corrected chi connectivity index (χ0v) is 14.6. The molecule has 1 N–H and O–H groups in total. The Bertz CT molecular complexity index is 944. The first-order valence-electron chi connectivity index (χ1n) is 7.65. The summed E-state index contributed by atoms with van der Waals surface area (Å²) < 4.78 is 45.8. The summed E-state index contributed by atoms with van der Waals surface area (Å²) in [7, 11) is -2.65. The van der Waals surface area contributed by atoms with Crippen LogP contribution < -0.4 is 14.4 Å². The third-order valence-electron chi connectivity index (χ3n) is 4.02. The number of carbonyl (C=O) groups is 1. The van der Waals surface area contributed by atoms with Crippen molar-refractivity contribution < 1.29 is 22.3 Å². The van der Waals surface area contributed by atoms with Crippen molar-refractivity contribution in [1.29, 1.82) is 0 Å². The molecule has 1 aliphatic heterocycles. The normalized spacial score (nSPS) is 13.7. The van der Waals surface area contributed by atoms with E-state index in [1.165, 1.54) is 19.2 Å². The number of methoxy groups -OCH3 is 1. The standard InChI is InChI=1S/C17H17FN2O4S/c1-3-20-15-6-4-12(8-11(15)9-17(20)21)19-25(22,23)13-5-7-16(24-2)14(18)10-13/h4-8,10,19H,3,9H2,1-2H3. The van der Waals surface area contributed by atoms with Crippen LogP contribution in [0.5, 0.6) is 5.75 Å². The highest BCUT2D eigenvalue weighted by atomic mass is 32.2. The second-order valence-electron chi connectivity index (χ2n) is 5.56. The fourth-order valence-electron chi connectivity index (χ4n) is 2.82. The van der Waals surface area contributed by atoms with Gasteiger partial charge in [-0.25, -0.2) is 12.8 Å². The maximum absolute atomic E-state index is 13.8. The van der Waals surface area contributed by atoms with Gasteiger partial charge in [0.1, 0.15) is 0 Å². The third kappa shape index (κ3) is 3.17. The summed E-state index contributed by atoms with van der Waals surface area (Å²) in [5.74, 6) is -0.812. The van der Waals surface area contributed by atoms with Gasteiger partial charge in [0, 0.05) is 17.9 Å². The molecule has 6 nitrogen and oxygen atoms in total. The summed E-state index contributed by atoms with van der Waals surface area (Å²) in [5.41, 5.74) is 1.86. The molecule has 8 heteroatoms. The molecule has 2 aromatic carbocycles. The Morgan fingerprint density at radius 2 is 2.00 bits per heavy atom. The Hall–Kier alpha value is -2.61. The first kappa shape index (κ1) is 17.2. The van der Waals surface area contributed by atoms with Crippen LogP contribution in [-0.2, 0) is 21.2 Å².